The van der Waals surface area contributed by atoms with Crippen LogP contribution in [-0.2, 0) is 20.3 Å². The third-order valence-corrected chi connectivity index (χ3v) is 3.94. The number of rotatable bonds is 0. The van der Waals surface area contributed by atoms with Crippen molar-refractivity contribution in [2.45, 2.75) is 38.3 Å². The lowest BCUT2D eigenvalue weighted by Gasteiger charge is -2.22. The van der Waals surface area contributed by atoms with Crippen LogP contribution in [0.15, 0.2) is 0 Å². The first-order valence-electron chi connectivity index (χ1n) is 4.14. The second-order valence-electron chi connectivity index (χ2n) is 4.17. The van der Waals surface area contributed by atoms with Crippen LogP contribution in [0.3, 0.4) is 0 Å². The van der Waals surface area contributed by atoms with Gasteiger partial charge in [-0.3, -0.25) is 4.21 Å². The summed E-state index contributed by atoms with van der Waals surface area (Å²) in [5.74, 6) is 0.741. The Morgan fingerprint density at radius 3 is 2.67 bits per heavy atom. The molecule has 3 nitrogen and oxygen atoms in total. The standard InChI is InChI=1S/C8H14O3S/c1-7(2)10-6-4-12(9)5-8(6,3)11-7/h6H,4-5H2,1-3H3/t6-,8+,12-/m1/s1. The number of hydrogen-bond donors (Lipinski definition) is 0. The van der Waals surface area contributed by atoms with Crippen LogP contribution in [0.2, 0.25) is 0 Å². The Bertz CT molecular complexity index is 238. The molecule has 70 valence electrons. The van der Waals surface area contributed by atoms with E-state index in [4.69, 9.17) is 9.47 Å². The first kappa shape index (κ1) is 8.66. The van der Waals surface area contributed by atoms with E-state index in [1.54, 1.807) is 0 Å². The Morgan fingerprint density at radius 2 is 2.08 bits per heavy atom. The lowest BCUT2D eigenvalue weighted by atomic mass is 10.0. The van der Waals surface area contributed by atoms with Crippen LogP contribution in [0, 0.1) is 0 Å². The highest BCUT2D eigenvalue weighted by Gasteiger charge is 2.55. The molecule has 0 amide bonds. The lowest BCUT2D eigenvalue weighted by molar-refractivity contribution is -0.156. The summed E-state index contributed by atoms with van der Waals surface area (Å²) in [6.45, 7) is 5.79. The zero-order valence-electron chi connectivity index (χ0n) is 7.62. The van der Waals surface area contributed by atoms with Crippen LogP contribution >= 0.6 is 0 Å². The Balaban J connectivity index is 2.22. The van der Waals surface area contributed by atoms with Crippen LogP contribution in [0.5, 0.6) is 0 Å². The van der Waals surface area contributed by atoms with E-state index in [9.17, 15) is 4.21 Å². The molecule has 2 heterocycles. The molecule has 4 heteroatoms. The van der Waals surface area contributed by atoms with Gasteiger partial charge in [-0.1, -0.05) is 0 Å². The van der Waals surface area contributed by atoms with Gasteiger partial charge in [0.05, 0.1) is 11.5 Å². The molecule has 2 aliphatic rings. The molecule has 0 spiro atoms. The van der Waals surface area contributed by atoms with E-state index in [1.165, 1.54) is 0 Å². The fraction of sp³-hybridized carbons (Fsp3) is 1.00. The summed E-state index contributed by atoms with van der Waals surface area (Å²) < 4.78 is 22.6. The maximum Gasteiger partial charge on any atom is 0.164 e. The van der Waals surface area contributed by atoms with E-state index in [-0.39, 0.29) is 11.7 Å². The van der Waals surface area contributed by atoms with Gasteiger partial charge in [-0.25, -0.2) is 0 Å². The predicted octanol–water partition coefficient (Wildman–Crippen LogP) is 0.659. The van der Waals surface area contributed by atoms with Crippen LogP contribution in [0.4, 0.5) is 0 Å². The van der Waals surface area contributed by atoms with Gasteiger partial charge in [-0.15, -0.1) is 0 Å². The molecule has 2 saturated heterocycles. The van der Waals surface area contributed by atoms with Crippen LogP contribution in [-0.4, -0.2) is 33.2 Å². The van der Waals surface area contributed by atoms with Crippen molar-refractivity contribution in [2.75, 3.05) is 11.5 Å². The summed E-state index contributed by atoms with van der Waals surface area (Å²) in [6, 6.07) is 0. The fourth-order valence-corrected chi connectivity index (χ4v) is 3.76. The summed E-state index contributed by atoms with van der Waals surface area (Å²) >= 11 is 0. The van der Waals surface area contributed by atoms with Gasteiger partial charge in [0, 0.05) is 10.8 Å². The molecule has 2 rings (SSSR count). The first-order chi connectivity index (χ1) is 5.41. The Labute approximate surface area is 74.9 Å². The second kappa shape index (κ2) is 2.30. The average molecular weight is 190 g/mol. The predicted molar refractivity (Wildman–Crippen MR) is 46.3 cm³/mol. The van der Waals surface area contributed by atoms with E-state index in [0.29, 0.717) is 11.5 Å². The smallest absolute Gasteiger partial charge is 0.164 e. The molecule has 2 aliphatic heterocycles. The van der Waals surface area contributed by atoms with E-state index in [1.807, 2.05) is 20.8 Å². The van der Waals surface area contributed by atoms with Gasteiger partial charge in [0.1, 0.15) is 11.7 Å². The van der Waals surface area contributed by atoms with Gasteiger partial charge in [-0.05, 0) is 20.8 Å². The highest BCUT2D eigenvalue weighted by atomic mass is 32.2. The van der Waals surface area contributed by atoms with Crippen molar-refractivity contribution in [1.29, 1.82) is 0 Å². The topological polar surface area (TPSA) is 35.5 Å². The van der Waals surface area contributed by atoms with Crippen molar-refractivity contribution < 1.29 is 13.7 Å². The minimum Gasteiger partial charge on any atom is -0.343 e. The highest BCUT2D eigenvalue weighted by Crippen LogP contribution is 2.40. The third kappa shape index (κ3) is 1.22. The monoisotopic (exact) mass is 190 g/mol. The summed E-state index contributed by atoms with van der Waals surface area (Å²) in [5.41, 5.74) is -0.311. The largest absolute Gasteiger partial charge is 0.343 e. The SMILES string of the molecule is CC1(C)O[C@@H]2C[S@@](=O)C[C@]2(C)O1. The van der Waals surface area contributed by atoms with E-state index >= 15 is 0 Å². The maximum atomic E-state index is 11.2. The van der Waals surface area contributed by atoms with Crippen molar-refractivity contribution in [1.82, 2.24) is 0 Å². The minimum atomic E-state index is -0.754. The fourth-order valence-electron chi connectivity index (χ4n) is 2.00. The van der Waals surface area contributed by atoms with E-state index in [2.05, 4.69) is 0 Å². The van der Waals surface area contributed by atoms with Crippen molar-refractivity contribution in [2.24, 2.45) is 0 Å². The van der Waals surface area contributed by atoms with Crippen molar-refractivity contribution in [3.8, 4) is 0 Å². The van der Waals surface area contributed by atoms with Gasteiger partial charge in [-0.2, -0.15) is 0 Å². The molecule has 0 unspecified atom stereocenters. The van der Waals surface area contributed by atoms with Crippen LogP contribution < -0.4 is 0 Å². The van der Waals surface area contributed by atoms with E-state index in [0.717, 1.165) is 0 Å². The average Bonchev–Trinajstić information content (AvgIpc) is 2.11. The first-order valence-corrected chi connectivity index (χ1v) is 5.63. The zero-order valence-corrected chi connectivity index (χ0v) is 8.44. The number of fused-ring (bicyclic) bond motifs is 1. The molecule has 2 fully saturated rings. The van der Waals surface area contributed by atoms with Gasteiger partial charge in [0.25, 0.3) is 0 Å². The molecule has 3 atom stereocenters. The van der Waals surface area contributed by atoms with Crippen LogP contribution in [0.1, 0.15) is 20.8 Å². The van der Waals surface area contributed by atoms with Gasteiger partial charge < -0.3 is 9.47 Å². The molecule has 0 N–H and O–H groups in total. The Morgan fingerprint density at radius 1 is 1.42 bits per heavy atom. The molecular weight excluding hydrogens is 176 g/mol. The molecule has 12 heavy (non-hydrogen) atoms. The molecule has 0 aromatic rings. The quantitative estimate of drug-likeness (QED) is 0.563. The third-order valence-electron chi connectivity index (χ3n) is 2.37. The van der Waals surface area contributed by atoms with Gasteiger partial charge in [0.15, 0.2) is 5.79 Å². The number of ether oxygens (including phenoxy) is 2. The summed E-state index contributed by atoms with van der Waals surface area (Å²) in [7, 11) is -0.754. The van der Waals surface area contributed by atoms with Crippen molar-refractivity contribution in [3.05, 3.63) is 0 Å². The Hall–Kier alpha value is 0.0700. The normalized spacial score (nSPS) is 50.9. The van der Waals surface area contributed by atoms with Crippen LogP contribution in [0.25, 0.3) is 0 Å². The summed E-state index contributed by atoms with van der Waals surface area (Å²) in [6.07, 6.45) is 0.0216. The second-order valence-corrected chi connectivity index (χ2v) is 5.67. The molecule has 0 radical (unpaired) electrons. The summed E-state index contributed by atoms with van der Waals surface area (Å²) in [5, 5.41) is 0. The molecule has 0 saturated carbocycles. The van der Waals surface area contributed by atoms with Gasteiger partial charge in [0.2, 0.25) is 0 Å². The Kier molecular flexibility index (Phi) is 1.66. The minimum absolute atomic E-state index is 0.0216. The van der Waals surface area contributed by atoms with Gasteiger partial charge >= 0.3 is 0 Å². The maximum absolute atomic E-state index is 11.2. The summed E-state index contributed by atoms with van der Waals surface area (Å²) in [4.78, 5) is 0. The molecule has 0 aromatic carbocycles. The van der Waals surface area contributed by atoms with Crippen molar-refractivity contribution in [3.63, 3.8) is 0 Å². The molecule has 0 aliphatic carbocycles. The lowest BCUT2D eigenvalue weighted by Crippen LogP contribution is -2.35. The molecular formula is C8H14O3S. The highest BCUT2D eigenvalue weighted by molar-refractivity contribution is 7.85. The van der Waals surface area contributed by atoms with Crippen molar-refractivity contribution >= 4 is 10.8 Å². The molecule has 0 bridgehead atoms. The number of hydrogen-bond acceptors (Lipinski definition) is 3. The van der Waals surface area contributed by atoms with E-state index < -0.39 is 16.6 Å². The molecule has 0 aromatic heterocycles. The zero-order chi connectivity index (χ0) is 8.98.